The van der Waals surface area contributed by atoms with Gasteiger partial charge in [-0.15, -0.1) is 0 Å². The van der Waals surface area contributed by atoms with Crippen molar-refractivity contribution in [3.8, 4) is 11.5 Å². The minimum absolute atomic E-state index is 0. The third kappa shape index (κ3) is 40.0. The zero-order chi connectivity index (χ0) is 58.3. The van der Waals surface area contributed by atoms with Gasteiger partial charge in [-0.2, -0.15) is 18.2 Å². The molecule has 4 atom stereocenters. The molecule has 20 heteroatoms. The van der Waals surface area contributed by atoms with Crippen molar-refractivity contribution in [1.29, 1.82) is 0 Å². The molecule has 1 aliphatic heterocycles. The Bertz CT molecular complexity index is 2230. The SMILES string of the molecule is CC(C)(C)[S@@](=O)N=Cc1ccc(OCc2ccccc2)c(F)c1.CC(C)OC(C)C.CCOC(=O)C[C@H](N[S@](=O)C(C)(C)C)c1ccc(OCc2ccccc2)c(F)c1.CCOC(C)=O.C[CH-]C.O.OC1CCCO1.[Cl][Ti+]. The van der Waals surface area contributed by atoms with Crippen LogP contribution < -0.4 is 14.2 Å². The minimum atomic E-state index is -1.44. The monoisotopic (exact) mass is 1180 g/mol. The number of aliphatic hydroxyl groups excluding tert-OH is 1. The van der Waals surface area contributed by atoms with E-state index in [1.165, 1.54) is 50.7 Å². The molecular weight excluding hydrogens is 1090 g/mol. The first-order valence-corrected chi connectivity index (χ1v) is 29.4. The van der Waals surface area contributed by atoms with E-state index < -0.39 is 61.4 Å². The molecule has 1 heterocycles. The zero-order valence-corrected chi connectivity index (χ0v) is 51.7. The molecule has 1 unspecified atom stereocenters. The van der Waals surface area contributed by atoms with E-state index >= 15 is 0 Å². The summed E-state index contributed by atoms with van der Waals surface area (Å²) in [7, 11) is 1.84. The van der Waals surface area contributed by atoms with Crippen LogP contribution in [0.15, 0.2) is 101 Å². The molecule has 434 valence electrons. The predicted molar refractivity (Wildman–Crippen MR) is 305 cm³/mol. The van der Waals surface area contributed by atoms with Gasteiger partial charge >= 0.3 is 40.6 Å². The van der Waals surface area contributed by atoms with Crippen LogP contribution in [0.5, 0.6) is 11.5 Å². The van der Waals surface area contributed by atoms with Crippen LogP contribution in [0.2, 0.25) is 0 Å². The fourth-order valence-corrected chi connectivity index (χ4v) is 6.90. The van der Waals surface area contributed by atoms with Gasteiger partial charge in [0.2, 0.25) is 0 Å². The third-order valence-electron chi connectivity index (χ3n) is 8.89. The normalized spacial score (nSPS) is 13.6. The molecule has 0 aromatic heterocycles. The van der Waals surface area contributed by atoms with Gasteiger partial charge in [0.1, 0.15) is 24.2 Å². The van der Waals surface area contributed by atoms with Crippen molar-refractivity contribution in [3.05, 3.63) is 137 Å². The van der Waals surface area contributed by atoms with Crippen LogP contribution in [-0.2, 0) is 83.1 Å². The Hall–Kier alpha value is -3.95. The molecule has 0 aliphatic carbocycles. The molecule has 0 amide bonds. The van der Waals surface area contributed by atoms with E-state index in [2.05, 4.69) is 23.2 Å². The molecule has 77 heavy (non-hydrogen) atoms. The quantitative estimate of drug-likeness (QED) is 0.0441. The molecule has 0 spiro atoms. The number of halogens is 3. The van der Waals surface area contributed by atoms with Crippen molar-refractivity contribution in [2.24, 2.45) is 4.40 Å². The second kappa shape index (κ2) is 44.9. The number of carbonyl (C=O) groups is 2. The van der Waals surface area contributed by atoms with Gasteiger partial charge in [-0.25, -0.2) is 21.9 Å². The van der Waals surface area contributed by atoms with E-state index in [1.54, 1.807) is 32.0 Å². The first-order chi connectivity index (χ1) is 35.8. The van der Waals surface area contributed by atoms with Gasteiger partial charge in [0.05, 0.1) is 58.4 Å². The van der Waals surface area contributed by atoms with Gasteiger partial charge in [-0.1, -0.05) is 66.7 Å². The molecule has 1 aliphatic rings. The Morgan fingerprint density at radius 2 is 1.27 bits per heavy atom. The Balaban J connectivity index is -0.000000999. The standard InChI is InChI=1S/C22H28FNO4S.C18H20FNO2S.C6H14O.2C4H8O2.C3H7.ClH.H2O.Ti/c1-5-27-21(25)14-19(24-29(26)22(2,3)4)17-11-12-20(18(23)13-17)28-15-16-9-7-6-8-10-16;1-18(2,3)23(21)20-12-15-9-10-17(16(19)11-15)22-13-14-7-5-4-6-8-14;1-5(2)7-6(3)4;5-4-2-1-3-6-4;1-3-6-4(2)5;1-3-2;;;/h6-13,19,24H,5,14-15H2,1-4H3;4-12H,13H2,1-3H3;5-6H,1-4H3;4-5H,1-3H2;3H2,1-2H3;3H,1-2H3;1H;1H2;/q;;;;;-1;;;+2/p-1/t19-,29+;23-;;;;;;;/m01......./s1. The molecule has 4 aromatic carbocycles. The molecular formula is C57H87ClF2N2O12S2Ti. The van der Waals surface area contributed by atoms with Gasteiger partial charge in [-0.05, 0) is 142 Å². The summed E-state index contributed by atoms with van der Waals surface area (Å²) in [5.41, 5.74) is 2.95. The first kappa shape index (κ1) is 77.3. The maximum atomic E-state index is 14.6. The first-order valence-electron chi connectivity index (χ1n) is 25.0. The summed E-state index contributed by atoms with van der Waals surface area (Å²) in [4.78, 5) is 21.8. The molecule has 14 nitrogen and oxygen atoms in total. The number of carbonyl (C=O) groups excluding carboxylic acids is 2. The van der Waals surface area contributed by atoms with E-state index in [1.807, 2.05) is 150 Å². The summed E-state index contributed by atoms with van der Waals surface area (Å²) in [6.07, 6.45) is 5.50. The van der Waals surface area contributed by atoms with Crippen LogP contribution in [0.4, 0.5) is 8.78 Å². The van der Waals surface area contributed by atoms with Crippen molar-refractivity contribution in [1.82, 2.24) is 4.72 Å². The average molecular weight is 1180 g/mol. The van der Waals surface area contributed by atoms with Crippen molar-refractivity contribution in [2.45, 2.75) is 170 Å². The Morgan fingerprint density at radius 3 is 1.60 bits per heavy atom. The number of hydrogen-bond donors (Lipinski definition) is 2. The number of benzene rings is 4. The number of hydrogen-bond acceptors (Lipinski definition) is 11. The Morgan fingerprint density at radius 1 is 0.805 bits per heavy atom. The third-order valence-corrected chi connectivity index (χ3v) is 11.8. The molecule has 0 bridgehead atoms. The number of nitrogens with zero attached hydrogens (tertiary/aromatic N) is 1. The van der Waals surface area contributed by atoms with Crippen LogP contribution in [0.1, 0.15) is 151 Å². The van der Waals surface area contributed by atoms with Crippen LogP contribution in [0, 0.1) is 18.1 Å². The van der Waals surface area contributed by atoms with E-state index in [4.69, 9.17) is 28.8 Å². The molecule has 5 rings (SSSR count). The summed E-state index contributed by atoms with van der Waals surface area (Å²) in [6, 6.07) is 27.4. The maximum absolute atomic E-state index is 14.6. The van der Waals surface area contributed by atoms with Crippen molar-refractivity contribution >= 4 is 49.4 Å². The summed E-state index contributed by atoms with van der Waals surface area (Å²) in [5, 5.41) is 8.51. The second-order valence-corrected chi connectivity index (χ2v) is 22.7. The number of ether oxygens (including phenoxy) is 6. The van der Waals surface area contributed by atoms with E-state index in [0.29, 0.717) is 36.5 Å². The number of aliphatic hydroxyl groups is 1. The summed E-state index contributed by atoms with van der Waals surface area (Å²) in [5.74, 6) is -1.37. The topological polar surface area (TPSA) is 200 Å². The Kier molecular flexibility index (Phi) is 45.0. The number of nitrogens with one attached hydrogen (secondary N) is 1. The average Bonchev–Trinajstić information content (AvgIpc) is 3.84. The van der Waals surface area contributed by atoms with Gasteiger partial charge in [0, 0.05) is 26.2 Å². The van der Waals surface area contributed by atoms with E-state index in [0.717, 1.165) is 30.6 Å². The molecule has 0 radical (unpaired) electrons. The van der Waals surface area contributed by atoms with Gasteiger partial charge < -0.3 is 45.4 Å². The molecule has 1 fully saturated rings. The van der Waals surface area contributed by atoms with Crippen LogP contribution in [-0.4, -0.2) is 85.0 Å². The van der Waals surface area contributed by atoms with Crippen LogP contribution >= 0.6 is 9.30 Å². The van der Waals surface area contributed by atoms with Gasteiger partial charge in [0.25, 0.3) is 0 Å². The van der Waals surface area contributed by atoms with Crippen LogP contribution in [0.3, 0.4) is 0 Å². The summed E-state index contributed by atoms with van der Waals surface area (Å²) < 4.78 is 89.4. The van der Waals surface area contributed by atoms with Crippen molar-refractivity contribution < 1.29 is 85.2 Å². The molecule has 0 saturated carbocycles. The number of esters is 2. The number of rotatable bonds is 17. The van der Waals surface area contributed by atoms with Crippen molar-refractivity contribution in [2.75, 3.05) is 19.8 Å². The zero-order valence-electron chi connectivity index (χ0n) is 47.8. The van der Waals surface area contributed by atoms with E-state index in [9.17, 15) is 26.8 Å². The predicted octanol–water partition coefficient (Wildman–Crippen LogP) is 12.3. The fourth-order valence-electron chi connectivity index (χ4n) is 5.53. The summed E-state index contributed by atoms with van der Waals surface area (Å²) >= 11 is 1.47. The molecule has 4 N–H and O–H groups in total. The van der Waals surface area contributed by atoms with Crippen molar-refractivity contribution in [3.63, 3.8) is 0 Å². The van der Waals surface area contributed by atoms with Crippen LogP contribution in [0.25, 0.3) is 0 Å². The molecule has 4 aromatic rings. The van der Waals surface area contributed by atoms with Gasteiger partial charge in [-0.3, -0.25) is 9.59 Å². The fraction of sp³-hybridized carbons (Fsp3) is 0.509. The second-order valence-electron chi connectivity index (χ2n) is 18.8. The molecule has 1 saturated heterocycles. The Labute approximate surface area is 479 Å². The van der Waals surface area contributed by atoms with Gasteiger partial charge in [0.15, 0.2) is 29.4 Å². The van der Waals surface area contributed by atoms with E-state index in [-0.39, 0.29) is 42.6 Å². The summed E-state index contributed by atoms with van der Waals surface area (Å²) in [6.45, 7) is 30.0.